The number of carbonyl (C=O) groups is 3. The van der Waals surface area contributed by atoms with Gasteiger partial charge in [-0.25, -0.2) is 14.4 Å². The van der Waals surface area contributed by atoms with Crippen LogP contribution >= 0.6 is 0 Å². The van der Waals surface area contributed by atoms with Gasteiger partial charge in [-0.2, -0.15) is 0 Å². The van der Waals surface area contributed by atoms with Gasteiger partial charge in [0.1, 0.15) is 6.23 Å². The number of hydrogen-bond donors (Lipinski definition) is 2. The van der Waals surface area contributed by atoms with E-state index in [1.54, 1.807) is 36.4 Å². The highest BCUT2D eigenvalue weighted by Gasteiger charge is 2.41. The molecule has 0 bridgehead atoms. The van der Waals surface area contributed by atoms with Gasteiger partial charge >= 0.3 is 17.9 Å². The smallest absolute Gasteiger partial charge is 0.349 e. The molecule has 2 N–H and O–H groups in total. The minimum Gasteiger partial charge on any atom is -0.478 e. The molecule has 2 aromatic carbocycles. The van der Waals surface area contributed by atoms with Gasteiger partial charge in [-0.1, -0.05) is 36.4 Å². The summed E-state index contributed by atoms with van der Waals surface area (Å²) >= 11 is 0. The average Bonchev–Trinajstić information content (AvgIpc) is 2.70. The van der Waals surface area contributed by atoms with Crippen molar-refractivity contribution in [3.8, 4) is 0 Å². The summed E-state index contributed by atoms with van der Waals surface area (Å²) in [5, 5.41) is 19.9. The lowest BCUT2D eigenvalue weighted by Crippen LogP contribution is -2.52. The van der Waals surface area contributed by atoms with Gasteiger partial charge in [0.05, 0.1) is 11.1 Å². The van der Waals surface area contributed by atoms with E-state index in [-0.39, 0.29) is 11.1 Å². The van der Waals surface area contributed by atoms with Gasteiger partial charge in [0, 0.05) is 0 Å². The number of carboxylic acids is 1. The molecule has 0 saturated heterocycles. The monoisotopic (exact) mass is 387 g/mol. The van der Waals surface area contributed by atoms with E-state index < -0.39 is 36.3 Å². The summed E-state index contributed by atoms with van der Waals surface area (Å²) in [7, 11) is 2.93. The molecule has 2 rings (SSSR count). The molecule has 0 aliphatic heterocycles. The molecule has 2 aromatic rings. The van der Waals surface area contributed by atoms with Crippen molar-refractivity contribution in [1.29, 1.82) is 0 Å². The Morgan fingerprint density at radius 2 is 1.25 bits per heavy atom. The molecular weight excluding hydrogens is 366 g/mol. The summed E-state index contributed by atoms with van der Waals surface area (Å²) in [6, 6.07) is 15.7. The Morgan fingerprint density at radius 1 is 0.821 bits per heavy atom. The van der Waals surface area contributed by atoms with Crippen molar-refractivity contribution in [2.45, 2.75) is 18.4 Å². The van der Waals surface area contributed by atoms with E-state index in [4.69, 9.17) is 9.47 Å². The van der Waals surface area contributed by atoms with Crippen molar-refractivity contribution in [3.63, 3.8) is 0 Å². The Kier molecular flexibility index (Phi) is 7.25. The predicted octanol–water partition coefficient (Wildman–Crippen LogP) is 1.40. The first kappa shape index (κ1) is 21.1. The summed E-state index contributed by atoms with van der Waals surface area (Å²) in [4.78, 5) is 37.7. The topological polar surface area (TPSA) is 113 Å². The van der Waals surface area contributed by atoms with Gasteiger partial charge in [-0.3, -0.25) is 4.90 Å². The van der Waals surface area contributed by atoms with Crippen LogP contribution < -0.4 is 0 Å². The molecule has 8 nitrogen and oxygen atoms in total. The normalized spacial score (nSPS) is 14.0. The maximum Gasteiger partial charge on any atom is 0.349 e. The molecule has 0 heterocycles. The number of likely N-dealkylation sites (N-methyl/N-ethyl adjacent to an activating group) is 1. The second-order valence-electron chi connectivity index (χ2n) is 6.14. The number of aliphatic carboxylic acids is 1. The van der Waals surface area contributed by atoms with Crippen LogP contribution in [0.15, 0.2) is 60.7 Å². The van der Waals surface area contributed by atoms with E-state index >= 15 is 0 Å². The molecule has 0 amide bonds. The van der Waals surface area contributed by atoms with Crippen LogP contribution in [0, 0.1) is 0 Å². The van der Waals surface area contributed by atoms with Crippen LogP contribution in [0.4, 0.5) is 0 Å². The van der Waals surface area contributed by atoms with Gasteiger partial charge in [0.15, 0.2) is 6.10 Å². The second-order valence-corrected chi connectivity index (χ2v) is 6.14. The SMILES string of the molecule is CN(C)C(O)[C@@H](OC(=O)c1ccccc1)[C@H](OC(=O)c1ccccc1)C(=O)O. The van der Waals surface area contributed by atoms with Gasteiger partial charge in [0.2, 0.25) is 6.10 Å². The number of hydrogen-bond acceptors (Lipinski definition) is 7. The summed E-state index contributed by atoms with van der Waals surface area (Å²) in [6.07, 6.45) is -5.11. The first-order chi connectivity index (χ1) is 13.3. The first-order valence-corrected chi connectivity index (χ1v) is 8.40. The highest BCUT2D eigenvalue weighted by molar-refractivity contribution is 5.92. The highest BCUT2D eigenvalue weighted by Crippen LogP contribution is 2.17. The molecule has 0 aliphatic carbocycles. The number of ether oxygens (including phenoxy) is 2. The van der Waals surface area contributed by atoms with Gasteiger partial charge in [-0.05, 0) is 38.4 Å². The van der Waals surface area contributed by atoms with Gasteiger partial charge in [0.25, 0.3) is 0 Å². The lowest BCUT2D eigenvalue weighted by molar-refractivity contribution is -0.166. The number of esters is 2. The number of carboxylic acid groups (broad SMARTS) is 1. The Labute approximate surface area is 161 Å². The zero-order chi connectivity index (χ0) is 20.7. The van der Waals surface area contributed by atoms with E-state index in [0.29, 0.717) is 0 Å². The third-order valence-corrected chi connectivity index (χ3v) is 3.86. The fourth-order valence-electron chi connectivity index (χ4n) is 2.35. The van der Waals surface area contributed by atoms with Crippen molar-refractivity contribution < 1.29 is 34.1 Å². The first-order valence-electron chi connectivity index (χ1n) is 8.40. The zero-order valence-electron chi connectivity index (χ0n) is 15.4. The van der Waals surface area contributed by atoms with E-state index in [1.807, 2.05) is 0 Å². The number of benzene rings is 2. The summed E-state index contributed by atoms with van der Waals surface area (Å²) in [5.41, 5.74) is 0.290. The Bertz CT molecular complexity index is 808. The molecule has 0 radical (unpaired) electrons. The van der Waals surface area contributed by atoms with Gasteiger partial charge in [-0.15, -0.1) is 0 Å². The third kappa shape index (κ3) is 5.38. The average molecular weight is 387 g/mol. The van der Waals surface area contributed by atoms with E-state index in [9.17, 15) is 24.6 Å². The van der Waals surface area contributed by atoms with Crippen LogP contribution in [-0.2, 0) is 14.3 Å². The number of nitrogens with zero attached hydrogens (tertiary/aromatic N) is 1. The molecule has 0 saturated carbocycles. The third-order valence-electron chi connectivity index (χ3n) is 3.86. The number of rotatable bonds is 8. The quantitative estimate of drug-likeness (QED) is 0.516. The summed E-state index contributed by atoms with van der Waals surface area (Å²) in [6.45, 7) is 0. The van der Waals surface area contributed by atoms with Crippen molar-refractivity contribution in [3.05, 3.63) is 71.8 Å². The van der Waals surface area contributed by atoms with Crippen molar-refractivity contribution in [1.82, 2.24) is 4.90 Å². The van der Waals surface area contributed by atoms with E-state index in [2.05, 4.69) is 0 Å². The minimum atomic E-state index is -1.92. The standard InChI is InChI=1S/C20H21NO7/c1-21(2)17(22)15(27-19(25)13-9-5-3-6-10-13)16(18(23)24)28-20(26)14-11-7-4-8-12-14/h3-12,15-17,22H,1-2H3,(H,23,24)/t15-,16-,17?/m0/s1. The van der Waals surface area contributed by atoms with Gasteiger partial charge < -0.3 is 19.7 Å². The largest absolute Gasteiger partial charge is 0.478 e. The Balaban J connectivity index is 2.28. The molecule has 0 aliphatic rings. The molecule has 28 heavy (non-hydrogen) atoms. The summed E-state index contributed by atoms with van der Waals surface area (Å²) in [5.74, 6) is -3.33. The zero-order valence-corrected chi connectivity index (χ0v) is 15.4. The lowest BCUT2D eigenvalue weighted by atomic mass is 10.1. The molecule has 0 spiro atoms. The molecular formula is C20H21NO7. The Morgan fingerprint density at radius 3 is 1.64 bits per heavy atom. The minimum absolute atomic E-state index is 0.126. The van der Waals surface area contributed by atoms with Crippen LogP contribution in [0.25, 0.3) is 0 Å². The fraction of sp³-hybridized carbons (Fsp3) is 0.250. The lowest BCUT2D eigenvalue weighted by Gasteiger charge is -2.31. The molecule has 0 fully saturated rings. The second kappa shape index (κ2) is 9.63. The van der Waals surface area contributed by atoms with Crippen molar-refractivity contribution in [2.75, 3.05) is 14.1 Å². The number of aliphatic hydroxyl groups excluding tert-OH is 1. The summed E-state index contributed by atoms with van der Waals surface area (Å²) < 4.78 is 10.3. The van der Waals surface area contributed by atoms with Crippen molar-refractivity contribution >= 4 is 17.9 Å². The van der Waals surface area contributed by atoms with Crippen LogP contribution in [0.5, 0.6) is 0 Å². The fourth-order valence-corrected chi connectivity index (χ4v) is 2.35. The Hall–Kier alpha value is -3.23. The molecule has 8 heteroatoms. The number of aliphatic hydroxyl groups is 1. The highest BCUT2D eigenvalue weighted by atomic mass is 16.6. The predicted molar refractivity (Wildman–Crippen MR) is 98.6 cm³/mol. The molecule has 1 unspecified atom stereocenters. The van der Waals surface area contributed by atoms with E-state index in [1.165, 1.54) is 43.3 Å². The van der Waals surface area contributed by atoms with E-state index in [0.717, 1.165) is 0 Å². The van der Waals surface area contributed by atoms with Crippen LogP contribution in [0.3, 0.4) is 0 Å². The van der Waals surface area contributed by atoms with Crippen molar-refractivity contribution in [2.24, 2.45) is 0 Å². The maximum atomic E-state index is 12.4. The van der Waals surface area contributed by atoms with Crippen LogP contribution in [0.1, 0.15) is 20.7 Å². The molecule has 3 atom stereocenters. The maximum absolute atomic E-state index is 12.4. The van der Waals surface area contributed by atoms with Crippen LogP contribution in [0.2, 0.25) is 0 Å². The number of carbonyl (C=O) groups excluding carboxylic acids is 2. The van der Waals surface area contributed by atoms with Crippen LogP contribution in [-0.4, -0.2) is 65.6 Å². The molecule has 148 valence electrons. The molecule has 0 aromatic heterocycles.